The van der Waals surface area contributed by atoms with Gasteiger partial charge in [0, 0.05) is 42.7 Å². The van der Waals surface area contributed by atoms with Gasteiger partial charge in [-0.3, -0.25) is 29.3 Å². The molecule has 4 saturated heterocycles. The molecule has 0 bridgehead atoms. The Morgan fingerprint density at radius 1 is 0.922 bits per heavy atom. The molecule has 1 spiro atoms. The van der Waals surface area contributed by atoms with E-state index in [1.54, 1.807) is 62.2 Å². The molecule has 1 unspecified atom stereocenters. The third-order valence-corrected chi connectivity index (χ3v) is 11.1. The number of carbonyl (C=O) groups excluding carboxylic acids is 5. The highest BCUT2D eigenvalue weighted by Crippen LogP contribution is 2.54. The Labute approximate surface area is 297 Å². The molecule has 5 fully saturated rings. The van der Waals surface area contributed by atoms with Crippen LogP contribution in [0.4, 0.5) is 4.79 Å². The van der Waals surface area contributed by atoms with E-state index in [-0.39, 0.29) is 46.7 Å². The van der Waals surface area contributed by atoms with Crippen LogP contribution in [0.2, 0.25) is 0 Å². The number of hydrogen-bond donors (Lipinski definition) is 2. The van der Waals surface area contributed by atoms with Gasteiger partial charge in [0.25, 0.3) is 5.56 Å². The van der Waals surface area contributed by atoms with E-state index >= 15 is 0 Å². The van der Waals surface area contributed by atoms with Crippen molar-refractivity contribution in [3.05, 3.63) is 64.1 Å². The number of pyridine rings is 1. The van der Waals surface area contributed by atoms with Gasteiger partial charge < -0.3 is 24.7 Å². The van der Waals surface area contributed by atoms with Crippen LogP contribution in [0.1, 0.15) is 114 Å². The van der Waals surface area contributed by atoms with Crippen molar-refractivity contribution < 1.29 is 33.5 Å². The molecule has 51 heavy (non-hydrogen) atoms. The minimum absolute atomic E-state index is 0.0339. The summed E-state index contributed by atoms with van der Waals surface area (Å²) in [6.45, 7) is 5.80. The number of aromatic nitrogens is 1. The first-order valence-corrected chi connectivity index (χ1v) is 18.3. The molecule has 13 heteroatoms. The van der Waals surface area contributed by atoms with Gasteiger partial charge in [0.05, 0.1) is 5.92 Å². The summed E-state index contributed by atoms with van der Waals surface area (Å²) in [5, 5.41) is 5.16. The monoisotopic (exact) mass is 701 g/mol. The van der Waals surface area contributed by atoms with Crippen LogP contribution in [0.25, 0.3) is 0 Å². The average molecular weight is 702 g/mol. The Bertz CT molecular complexity index is 1780. The number of nitrogens with zero attached hydrogens (tertiary/aromatic N) is 3. The predicted molar refractivity (Wildman–Crippen MR) is 185 cm³/mol. The smallest absolute Gasteiger partial charge is 0.408 e. The fraction of sp³-hybridized carbons (Fsp3) is 0.579. The standard InChI is InChI=1S/C38H47N5O8/c1-37(2,3)50-36(49)39-29-7-5-4-6-26-10-14-30(43(26)34(29)47)35(48)41-22-25(21-38(41)17-18-38)24-16-19-42(32(45)20-24)51-27-11-8-23(9-12-27)28-13-15-31(44)40-33(28)46/h8-9,11-12,16,19-20,25-26,28-30H,4-7,10,13-15,17-18,21-22H2,1-3H3,(H,39,49)(H,40,44,46)/t25-,26-,28?,29-,30-/m0/s1. The highest BCUT2D eigenvalue weighted by atomic mass is 16.7. The maximum atomic E-state index is 14.4. The van der Waals surface area contributed by atoms with E-state index < -0.39 is 29.7 Å². The Morgan fingerprint density at radius 2 is 1.67 bits per heavy atom. The summed E-state index contributed by atoms with van der Waals surface area (Å²) in [5.74, 6) is -0.850. The molecule has 1 saturated carbocycles. The number of imide groups is 1. The number of benzene rings is 1. The third kappa shape index (κ3) is 7.25. The molecule has 13 nitrogen and oxygen atoms in total. The van der Waals surface area contributed by atoms with Gasteiger partial charge in [-0.2, -0.15) is 0 Å². The number of rotatable bonds is 6. The molecule has 5 amide bonds. The van der Waals surface area contributed by atoms with Gasteiger partial charge >= 0.3 is 6.09 Å². The number of carbonyl (C=O) groups is 5. The van der Waals surface area contributed by atoms with Crippen LogP contribution < -0.4 is 21.0 Å². The number of likely N-dealkylation sites (tertiary alicyclic amines) is 1. The second-order valence-corrected chi connectivity index (χ2v) is 15.8. The van der Waals surface area contributed by atoms with Crippen molar-refractivity contribution in [2.75, 3.05) is 6.54 Å². The van der Waals surface area contributed by atoms with Gasteiger partial charge in [0.15, 0.2) is 5.75 Å². The van der Waals surface area contributed by atoms with Crippen molar-refractivity contribution in [3.8, 4) is 5.75 Å². The summed E-state index contributed by atoms with van der Waals surface area (Å²) in [6.07, 6.45) is 8.63. The van der Waals surface area contributed by atoms with Crippen molar-refractivity contribution in [1.82, 2.24) is 25.2 Å². The second-order valence-electron chi connectivity index (χ2n) is 15.8. The first kappa shape index (κ1) is 34.8. The lowest BCUT2D eigenvalue weighted by Gasteiger charge is -2.37. The van der Waals surface area contributed by atoms with Gasteiger partial charge in [-0.1, -0.05) is 25.0 Å². The fourth-order valence-electron chi connectivity index (χ4n) is 8.45. The minimum Gasteiger partial charge on any atom is -0.444 e. The van der Waals surface area contributed by atoms with Crippen molar-refractivity contribution >= 4 is 29.7 Å². The lowest BCUT2D eigenvalue weighted by Crippen LogP contribution is -2.57. The molecule has 1 aromatic carbocycles. The number of fused-ring (bicyclic) bond motifs is 1. The fourth-order valence-corrected chi connectivity index (χ4v) is 8.45. The van der Waals surface area contributed by atoms with Crippen LogP contribution in [-0.2, 0) is 23.9 Å². The van der Waals surface area contributed by atoms with Crippen LogP contribution in [0.5, 0.6) is 5.75 Å². The van der Waals surface area contributed by atoms with Gasteiger partial charge in [-0.05, 0) is 101 Å². The molecule has 5 heterocycles. The average Bonchev–Trinajstić information content (AvgIpc) is 3.56. The van der Waals surface area contributed by atoms with E-state index in [9.17, 15) is 28.8 Å². The molecule has 2 aromatic rings. The molecule has 1 aromatic heterocycles. The molecule has 0 radical (unpaired) electrons. The summed E-state index contributed by atoms with van der Waals surface area (Å²) in [4.78, 5) is 87.6. The Hall–Kier alpha value is -4.68. The maximum absolute atomic E-state index is 14.4. The van der Waals surface area contributed by atoms with Crippen molar-refractivity contribution in [2.45, 2.75) is 133 Å². The summed E-state index contributed by atoms with van der Waals surface area (Å²) in [7, 11) is 0. The second kappa shape index (κ2) is 13.5. The van der Waals surface area contributed by atoms with E-state index in [4.69, 9.17) is 9.57 Å². The van der Waals surface area contributed by atoms with Crippen LogP contribution in [0, 0.1) is 0 Å². The topological polar surface area (TPSA) is 156 Å². The van der Waals surface area contributed by atoms with E-state index in [1.165, 1.54) is 0 Å². The van der Waals surface area contributed by atoms with Crippen LogP contribution in [0.15, 0.2) is 47.4 Å². The van der Waals surface area contributed by atoms with E-state index in [0.29, 0.717) is 38.0 Å². The maximum Gasteiger partial charge on any atom is 0.408 e. The summed E-state index contributed by atoms with van der Waals surface area (Å²) in [5.41, 5.74) is 0.300. The lowest BCUT2D eigenvalue weighted by atomic mass is 9.90. The van der Waals surface area contributed by atoms with Crippen molar-refractivity contribution in [3.63, 3.8) is 0 Å². The molecule has 5 aliphatic rings. The van der Waals surface area contributed by atoms with Crippen LogP contribution in [0.3, 0.4) is 0 Å². The first-order valence-electron chi connectivity index (χ1n) is 18.3. The van der Waals surface area contributed by atoms with Crippen LogP contribution in [-0.4, -0.2) is 80.1 Å². The van der Waals surface area contributed by atoms with Gasteiger partial charge in [-0.25, -0.2) is 4.79 Å². The van der Waals surface area contributed by atoms with E-state index in [2.05, 4.69) is 10.6 Å². The van der Waals surface area contributed by atoms with Gasteiger partial charge in [-0.15, -0.1) is 4.73 Å². The lowest BCUT2D eigenvalue weighted by molar-refractivity contribution is -0.148. The Morgan fingerprint density at radius 3 is 2.35 bits per heavy atom. The predicted octanol–water partition coefficient (Wildman–Crippen LogP) is 3.89. The first-order chi connectivity index (χ1) is 24.3. The minimum atomic E-state index is -0.741. The largest absolute Gasteiger partial charge is 0.444 e. The SMILES string of the molecule is CC(C)(C)OC(=O)N[C@H]1CCCC[C@H]2CC[C@@H](C(=O)N3C[C@@H](c4ccn(Oc5ccc(C6CCC(=O)NC6=O)cc5)c(=O)c4)CC34CC4)N2C1=O. The molecular weight excluding hydrogens is 654 g/mol. The Balaban J connectivity index is 1.02. The number of alkyl carbamates (subject to hydrolysis) is 1. The zero-order valence-electron chi connectivity index (χ0n) is 29.5. The zero-order valence-corrected chi connectivity index (χ0v) is 29.5. The molecule has 7 rings (SSSR count). The zero-order chi connectivity index (χ0) is 36.1. The summed E-state index contributed by atoms with van der Waals surface area (Å²) >= 11 is 0. The van der Waals surface area contributed by atoms with E-state index in [0.717, 1.165) is 60.8 Å². The Kier molecular flexibility index (Phi) is 9.17. The molecule has 4 aliphatic heterocycles. The highest BCUT2D eigenvalue weighted by Gasteiger charge is 2.58. The highest BCUT2D eigenvalue weighted by molar-refractivity contribution is 6.01. The van der Waals surface area contributed by atoms with Crippen LogP contribution >= 0.6 is 0 Å². The molecule has 2 N–H and O–H groups in total. The number of piperidine rings is 1. The van der Waals surface area contributed by atoms with E-state index in [1.807, 2.05) is 11.0 Å². The van der Waals surface area contributed by atoms with Gasteiger partial charge in [0.2, 0.25) is 23.6 Å². The third-order valence-electron chi connectivity index (χ3n) is 11.1. The molecule has 1 aliphatic carbocycles. The molecule has 5 atom stereocenters. The summed E-state index contributed by atoms with van der Waals surface area (Å²) in [6, 6.07) is 8.97. The number of nitrogens with one attached hydrogen (secondary N) is 2. The van der Waals surface area contributed by atoms with Crippen molar-refractivity contribution in [1.29, 1.82) is 0 Å². The molecule has 272 valence electrons. The van der Waals surface area contributed by atoms with Gasteiger partial charge in [0.1, 0.15) is 17.7 Å². The number of hydrogen-bond acceptors (Lipinski definition) is 8. The molecular formula is C38H47N5O8. The normalized spacial score (nSPS) is 27.4. The quantitative estimate of drug-likeness (QED) is 0.430. The summed E-state index contributed by atoms with van der Waals surface area (Å²) < 4.78 is 6.60. The number of ether oxygens (including phenoxy) is 1. The number of amides is 5. The van der Waals surface area contributed by atoms with Crippen molar-refractivity contribution in [2.24, 2.45) is 0 Å².